The predicted octanol–water partition coefficient (Wildman–Crippen LogP) is 2.44. The van der Waals surface area contributed by atoms with Gasteiger partial charge < -0.3 is 19.5 Å². The van der Waals surface area contributed by atoms with Gasteiger partial charge in [0.25, 0.3) is 5.91 Å². The summed E-state index contributed by atoms with van der Waals surface area (Å²) < 4.78 is 15.8. The molecule has 1 aliphatic carbocycles. The molecular formula is C19H25NO5. The summed E-state index contributed by atoms with van der Waals surface area (Å²) in [5.41, 5.74) is -0.278. The van der Waals surface area contributed by atoms with Crippen molar-refractivity contribution >= 4 is 11.9 Å². The molecule has 1 saturated heterocycles. The highest BCUT2D eigenvalue weighted by Crippen LogP contribution is 2.62. The lowest BCUT2D eigenvalue weighted by Crippen LogP contribution is -2.66. The van der Waals surface area contributed by atoms with Crippen molar-refractivity contribution in [1.29, 1.82) is 0 Å². The monoisotopic (exact) mass is 347 g/mol. The molecule has 3 rings (SSSR count). The van der Waals surface area contributed by atoms with Crippen molar-refractivity contribution in [3.8, 4) is 11.5 Å². The lowest BCUT2D eigenvalue weighted by molar-refractivity contribution is -0.219. The normalized spacial score (nSPS) is 26.2. The summed E-state index contributed by atoms with van der Waals surface area (Å²) in [6.07, 6.45) is 2.86. The highest BCUT2D eigenvalue weighted by atomic mass is 16.6. The number of hydrogen-bond acceptors (Lipinski definition) is 5. The molecule has 2 aliphatic rings. The van der Waals surface area contributed by atoms with Crippen molar-refractivity contribution in [3.05, 3.63) is 23.8 Å². The zero-order valence-corrected chi connectivity index (χ0v) is 15.2. The van der Waals surface area contributed by atoms with E-state index in [1.165, 1.54) is 0 Å². The minimum atomic E-state index is -1.08. The fourth-order valence-electron chi connectivity index (χ4n) is 3.84. The quantitative estimate of drug-likeness (QED) is 0.767. The van der Waals surface area contributed by atoms with E-state index in [4.69, 9.17) is 14.2 Å². The Balaban J connectivity index is 1.69. The van der Waals surface area contributed by atoms with Gasteiger partial charge in [-0.2, -0.15) is 0 Å². The fourth-order valence-corrected chi connectivity index (χ4v) is 3.84. The molecular weight excluding hydrogens is 322 g/mol. The van der Waals surface area contributed by atoms with Crippen molar-refractivity contribution in [2.24, 2.45) is 11.3 Å². The first-order valence-electron chi connectivity index (χ1n) is 8.61. The van der Waals surface area contributed by atoms with Gasteiger partial charge in [0.2, 0.25) is 5.60 Å². The van der Waals surface area contributed by atoms with Crippen molar-refractivity contribution in [1.82, 2.24) is 5.32 Å². The number of methoxy groups -OCH3 is 2. The van der Waals surface area contributed by atoms with Gasteiger partial charge in [-0.15, -0.1) is 0 Å². The Bertz CT molecular complexity index is 675. The van der Waals surface area contributed by atoms with Crippen molar-refractivity contribution in [2.45, 2.75) is 45.3 Å². The summed E-state index contributed by atoms with van der Waals surface area (Å²) in [5, 5.41) is 2.89. The first kappa shape index (κ1) is 17.6. The summed E-state index contributed by atoms with van der Waals surface area (Å²) in [5.74, 6) is 0.472. The SMILES string of the molecule is CCC1([C@H]2C(=O)O[C@]2(C)C(=O)NCc2cc(OC)cc(OC)c2)CC1. The molecule has 1 N–H and O–H groups in total. The number of nitrogens with one attached hydrogen (secondary N) is 1. The molecule has 136 valence electrons. The summed E-state index contributed by atoms with van der Waals surface area (Å²) in [6.45, 7) is 4.10. The Morgan fingerprint density at radius 2 is 1.84 bits per heavy atom. The molecule has 6 heteroatoms. The van der Waals surface area contributed by atoms with Gasteiger partial charge in [0.1, 0.15) is 17.4 Å². The maximum absolute atomic E-state index is 12.7. The third-order valence-corrected chi connectivity index (χ3v) is 5.62. The molecule has 0 aromatic heterocycles. The maximum Gasteiger partial charge on any atom is 0.315 e. The maximum atomic E-state index is 12.7. The number of carbonyl (C=O) groups excluding carboxylic acids is 2. The first-order chi connectivity index (χ1) is 11.9. The molecule has 2 fully saturated rings. The number of carbonyl (C=O) groups is 2. The average Bonchev–Trinajstić information content (AvgIpc) is 3.38. The van der Waals surface area contributed by atoms with Crippen molar-refractivity contribution in [2.75, 3.05) is 14.2 Å². The second-order valence-electron chi connectivity index (χ2n) is 7.08. The number of hydrogen-bond donors (Lipinski definition) is 1. The number of benzene rings is 1. The molecule has 0 radical (unpaired) electrons. The van der Waals surface area contributed by atoms with Crippen LogP contribution in [0.25, 0.3) is 0 Å². The topological polar surface area (TPSA) is 73.9 Å². The zero-order valence-electron chi connectivity index (χ0n) is 15.2. The molecule has 0 bridgehead atoms. The van der Waals surface area contributed by atoms with Crippen LogP contribution in [-0.2, 0) is 20.9 Å². The lowest BCUT2D eigenvalue weighted by Gasteiger charge is -2.47. The Hall–Kier alpha value is -2.24. The molecule has 1 aliphatic heterocycles. The highest BCUT2D eigenvalue weighted by Gasteiger charge is 2.69. The van der Waals surface area contributed by atoms with Crippen LogP contribution in [0.1, 0.15) is 38.7 Å². The smallest absolute Gasteiger partial charge is 0.315 e. The molecule has 0 unspecified atom stereocenters. The molecule has 2 atom stereocenters. The van der Waals surface area contributed by atoms with Crippen LogP contribution in [0.3, 0.4) is 0 Å². The minimum absolute atomic E-state index is 0.0549. The van der Waals surface area contributed by atoms with E-state index in [-0.39, 0.29) is 23.2 Å². The molecule has 1 amide bonds. The minimum Gasteiger partial charge on any atom is -0.497 e. The summed E-state index contributed by atoms with van der Waals surface area (Å²) in [4.78, 5) is 24.7. The van der Waals surface area contributed by atoms with Gasteiger partial charge in [-0.1, -0.05) is 6.92 Å². The van der Waals surface area contributed by atoms with E-state index in [0.717, 1.165) is 24.8 Å². The van der Waals surface area contributed by atoms with Crippen LogP contribution in [-0.4, -0.2) is 31.7 Å². The number of esters is 1. The van der Waals surface area contributed by atoms with Gasteiger partial charge in [-0.05, 0) is 49.3 Å². The number of amides is 1. The van der Waals surface area contributed by atoms with Crippen LogP contribution in [0.2, 0.25) is 0 Å². The Kier molecular flexibility index (Phi) is 4.39. The van der Waals surface area contributed by atoms with E-state index < -0.39 is 5.60 Å². The number of ether oxygens (including phenoxy) is 3. The van der Waals surface area contributed by atoms with E-state index >= 15 is 0 Å². The fraction of sp³-hybridized carbons (Fsp3) is 0.579. The molecule has 1 aromatic rings. The van der Waals surface area contributed by atoms with E-state index in [1.54, 1.807) is 27.2 Å². The molecule has 25 heavy (non-hydrogen) atoms. The largest absolute Gasteiger partial charge is 0.497 e. The molecule has 6 nitrogen and oxygen atoms in total. The summed E-state index contributed by atoms with van der Waals surface area (Å²) in [6, 6.07) is 5.45. The van der Waals surface area contributed by atoms with E-state index in [2.05, 4.69) is 12.2 Å². The Morgan fingerprint density at radius 1 is 1.24 bits per heavy atom. The summed E-state index contributed by atoms with van der Waals surface area (Å²) >= 11 is 0. The van der Waals surface area contributed by atoms with Crippen molar-refractivity contribution in [3.63, 3.8) is 0 Å². The van der Waals surface area contributed by atoms with Crippen LogP contribution in [0, 0.1) is 11.3 Å². The third kappa shape index (κ3) is 2.94. The first-order valence-corrected chi connectivity index (χ1v) is 8.61. The van der Waals surface area contributed by atoms with E-state index in [0.29, 0.717) is 18.0 Å². The molecule has 1 saturated carbocycles. The van der Waals surface area contributed by atoms with Crippen LogP contribution >= 0.6 is 0 Å². The van der Waals surface area contributed by atoms with Gasteiger partial charge in [-0.3, -0.25) is 9.59 Å². The van der Waals surface area contributed by atoms with Gasteiger partial charge >= 0.3 is 5.97 Å². The molecule has 1 heterocycles. The van der Waals surface area contributed by atoms with Gasteiger partial charge in [0.15, 0.2) is 0 Å². The highest BCUT2D eigenvalue weighted by molar-refractivity contribution is 5.98. The van der Waals surface area contributed by atoms with Crippen LogP contribution in [0.4, 0.5) is 0 Å². The van der Waals surface area contributed by atoms with Crippen LogP contribution in [0.15, 0.2) is 18.2 Å². The van der Waals surface area contributed by atoms with Crippen molar-refractivity contribution < 1.29 is 23.8 Å². The zero-order chi connectivity index (χ0) is 18.2. The van der Waals surface area contributed by atoms with Crippen LogP contribution in [0.5, 0.6) is 11.5 Å². The lowest BCUT2D eigenvalue weighted by atomic mass is 9.70. The number of rotatable bonds is 7. The Labute approximate surface area is 147 Å². The number of cyclic esters (lactones) is 1. The van der Waals surface area contributed by atoms with E-state index in [1.807, 2.05) is 12.1 Å². The van der Waals surface area contributed by atoms with Gasteiger partial charge in [-0.25, -0.2) is 0 Å². The van der Waals surface area contributed by atoms with Crippen LogP contribution < -0.4 is 14.8 Å². The van der Waals surface area contributed by atoms with Gasteiger partial charge in [0, 0.05) is 12.6 Å². The van der Waals surface area contributed by atoms with Gasteiger partial charge in [0.05, 0.1) is 14.2 Å². The summed E-state index contributed by atoms with van der Waals surface area (Å²) in [7, 11) is 3.16. The predicted molar refractivity (Wildman–Crippen MR) is 91.3 cm³/mol. The third-order valence-electron chi connectivity index (χ3n) is 5.62. The molecule has 0 spiro atoms. The molecule has 1 aromatic carbocycles. The standard InChI is InChI=1S/C19H25NO5/c1-5-19(6-7-19)15-16(21)25-18(15,2)17(22)20-11-12-8-13(23-3)10-14(9-12)24-4/h8-10,15H,5-7,11H2,1-4H3,(H,20,22)/t15-,18-/m0/s1. The van der Waals surface area contributed by atoms with E-state index in [9.17, 15) is 9.59 Å². The Morgan fingerprint density at radius 3 is 2.28 bits per heavy atom. The second-order valence-corrected chi connectivity index (χ2v) is 7.08. The average molecular weight is 347 g/mol. The second kappa shape index (κ2) is 6.24.